The SMILES string of the molecule is O=C(OCCCCN1CCOCC1)c1ccc(NSc2cccc(-c3cc(F)ccc3O)c2)cc1O. The third kappa shape index (κ3) is 7.13. The van der Waals surface area contributed by atoms with Crippen molar-refractivity contribution in [2.75, 3.05) is 44.2 Å². The summed E-state index contributed by atoms with van der Waals surface area (Å²) < 4.78 is 27.4. The molecule has 1 heterocycles. The number of nitrogens with zero attached hydrogens (tertiary/aromatic N) is 1. The number of hydrogen-bond acceptors (Lipinski definition) is 8. The molecule has 1 aliphatic rings. The van der Waals surface area contributed by atoms with Crippen LogP contribution in [0, 0.1) is 5.82 Å². The molecule has 1 aliphatic heterocycles. The van der Waals surface area contributed by atoms with E-state index < -0.39 is 11.8 Å². The minimum absolute atomic E-state index is 0.00370. The van der Waals surface area contributed by atoms with Gasteiger partial charge in [0.2, 0.25) is 0 Å². The molecule has 0 aliphatic carbocycles. The standard InChI is InChI=1S/C27H29FN2O5S/c28-20-6-9-25(31)24(17-20)19-4-3-5-22(16-19)36-29-21-7-8-23(26(32)18-21)27(33)35-13-2-1-10-30-11-14-34-15-12-30/h3-9,16-18,29,31-32H,1-2,10-15H2. The Morgan fingerprint density at radius 2 is 1.86 bits per heavy atom. The van der Waals surface area contributed by atoms with E-state index in [0.29, 0.717) is 23.4 Å². The van der Waals surface area contributed by atoms with E-state index in [4.69, 9.17) is 9.47 Å². The van der Waals surface area contributed by atoms with Crippen LogP contribution in [0.25, 0.3) is 11.1 Å². The predicted molar refractivity (Wildman–Crippen MR) is 138 cm³/mol. The molecular weight excluding hydrogens is 483 g/mol. The zero-order valence-electron chi connectivity index (χ0n) is 19.8. The van der Waals surface area contributed by atoms with Crippen molar-refractivity contribution in [3.05, 3.63) is 72.0 Å². The van der Waals surface area contributed by atoms with Crippen LogP contribution in [0.4, 0.5) is 10.1 Å². The van der Waals surface area contributed by atoms with Gasteiger partial charge in [-0.15, -0.1) is 0 Å². The van der Waals surface area contributed by atoms with Crippen LogP contribution in [0.15, 0.2) is 65.6 Å². The highest BCUT2D eigenvalue weighted by Gasteiger charge is 2.14. The Kier molecular flexibility index (Phi) is 9.05. The fraction of sp³-hybridized carbons (Fsp3) is 0.296. The fourth-order valence-corrected chi connectivity index (χ4v) is 4.55. The summed E-state index contributed by atoms with van der Waals surface area (Å²) in [5, 5.41) is 20.4. The second-order valence-electron chi connectivity index (χ2n) is 8.42. The minimum atomic E-state index is -0.555. The van der Waals surface area contributed by atoms with Crippen molar-refractivity contribution in [3.8, 4) is 22.6 Å². The summed E-state index contributed by atoms with van der Waals surface area (Å²) in [4.78, 5) is 15.5. The van der Waals surface area contributed by atoms with Crippen molar-refractivity contribution in [1.29, 1.82) is 0 Å². The molecule has 3 aromatic carbocycles. The smallest absolute Gasteiger partial charge is 0.341 e. The molecule has 0 aromatic heterocycles. The van der Waals surface area contributed by atoms with Crippen molar-refractivity contribution in [1.82, 2.24) is 4.90 Å². The average Bonchev–Trinajstić information content (AvgIpc) is 2.89. The molecular formula is C27H29FN2O5S. The predicted octanol–water partition coefficient (Wildman–Crippen LogP) is 5.29. The van der Waals surface area contributed by atoms with Gasteiger partial charge in [0.15, 0.2) is 0 Å². The number of anilines is 1. The van der Waals surface area contributed by atoms with Gasteiger partial charge in [-0.3, -0.25) is 4.90 Å². The van der Waals surface area contributed by atoms with Crippen LogP contribution in [-0.4, -0.2) is 60.5 Å². The first-order chi connectivity index (χ1) is 17.5. The molecule has 9 heteroatoms. The molecule has 0 spiro atoms. The number of carbonyl (C=O) groups is 1. The van der Waals surface area contributed by atoms with Crippen LogP contribution in [0.2, 0.25) is 0 Å². The van der Waals surface area contributed by atoms with Crippen LogP contribution in [0.5, 0.6) is 11.5 Å². The lowest BCUT2D eigenvalue weighted by molar-refractivity contribution is 0.0348. The Labute approximate surface area is 214 Å². The van der Waals surface area contributed by atoms with Gasteiger partial charge >= 0.3 is 5.97 Å². The molecule has 0 unspecified atom stereocenters. The molecule has 7 nitrogen and oxygen atoms in total. The maximum absolute atomic E-state index is 13.6. The normalized spacial score (nSPS) is 13.9. The number of hydrogen-bond donors (Lipinski definition) is 3. The minimum Gasteiger partial charge on any atom is -0.507 e. The van der Waals surface area contributed by atoms with Gasteiger partial charge in [-0.1, -0.05) is 12.1 Å². The molecule has 1 saturated heterocycles. The highest BCUT2D eigenvalue weighted by Crippen LogP contribution is 2.33. The van der Waals surface area contributed by atoms with Gasteiger partial charge in [-0.25, -0.2) is 9.18 Å². The van der Waals surface area contributed by atoms with Gasteiger partial charge in [0.25, 0.3) is 0 Å². The topological polar surface area (TPSA) is 91.3 Å². The zero-order valence-corrected chi connectivity index (χ0v) is 20.6. The highest BCUT2D eigenvalue weighted by molar-refractivity contribution is 8.00. The maximum atomic E-state index is 13.6. The third-order valence-corrected chi connectivity index (χ3v) is 6.64. The number of aromatic hydroxyl groups is 2. The summed E-state index contributed by atoms with van der Waals surface area (Å²) in [6, 6.07) is 15.8. The first-order valence-corrected chi connectivity index (χ1v) is 12.6. The van der Waals surface area contributed by atoms with Crippen molar-refractivity contribution < 1.29 is 28.9 Å². The van der Waals surface area contributed by atoms with E-state index in [1.807, 2.05) is 12.1 Å². The van der Waals surface area contributed by atoms with Crippen LogP contribution in [0.3, 0.4) is 0 Å². The van der Waals surface area contributed by atoms with Crippen LogP contribution >= 0.6 is 11.9 Å². The van der Waals surface area contributed by atoms with E-state index >= 15 is 0 Å². The molecule has 0 bridgehead atoms. The number of halogens is 1. The Morgan fingerprint density at radius 3 is 2.67 bits per heavy atom. The van der Waals surface area contributed by atoms with Crippen molar-refractivity contribution >= 4 is 23.6 Å². The Hall–Kier alpha value is -3.27. The molecule has 36 heavy (non-hydrogen) atoms. The summed E-state index contributed by atoms with van der Waals surface area (Å²) in [5.74, 6) is -1.16. The van der Waals surface area contributed by atoms with E-state index in [9.17, 15) is 19.4 Å². The van der Waals surface area contributed by atoms with E-state index in [-0.39, 0.29) is 17.1 Å². The molecule has 0 saturated carbocycles. The van der Waals surface area contributed by atoms with E-state index in [0.717, 1.165) is 50.6 Å². The number of nitrogens with one attached hydrogen (secondary N) is 1. The fourth-order valence-electron chi connectivity index (χ4n) is 3.86. The van der Waals surface area contributed by atoms with Gasteiger partial charge in [-0.2, -0.15) is 0 Å². The summed E-state index contributed by atoms with van der Waals surface area (Å²) in [6.45, 7) is 4.67. The molecule has 1 fully saturated rings. The lowest BCUT2D eigenvalue weighted by atomic mass is 10.0. The number of phenols is 2. The van der Waals surface area contributed by atoms with Crippen molar-refractivity contribution in [2.24, 2.45) is 0 Å². The molecule has 3 aromatic rings. The number of phenolic OH excluding ortho intramolecular Hbond substituents is 2. The number of esters is 1. The third-order valence-electron chi connectivity index (χ3n) is 5.81. The Bertz CT molecular complexity index is 1190. The molecule has 0 amide bonds. The number of morpholine rings is 1. The summed E-state index contributed by atoms with van der Waals surface area (Å²) in [7, 11) is 0. The first kappa shape index (κ1) is 25.8. The van der Waals surface area contributed by atoms with Gasteiger partial charge in [0.05, 0.1) is 19.8 Å². The molecule has 4 rings (SSSR count). The molecule has 0 radical (unpaired) electrons. The van der Waals surface area contributed by atoms with Crippen molar-refractivity contribution in [3.63, 3.8) is 0 Å². The lowest BCUT2D eigenvalue weighted by Gasteiger charge is -2.26. The van der Waals surface area contributed by atoms with E-state index in [2.05, 4.69) is 9.62 Å². The maximum Gasteiger partial charge on any atom is 0.341 e. The molecule has 0 atom stereocenters. The second-order valence-corrected chi connectivity index (χ2v) is 9.30. The highest BCUT2D eigenvalue weighted by atomic mass is 32.2. The quantitative estimate of drug-likeness (QED) is 0.192. The van der Waals surface area contributed by atoms with Gasteiger partial charge in [-0.05, 0) is 79.4 Å². The zero-order chi connectivity index (χ0) is 25.3. The summed E-state index contributed by atoms with van der Waals surface area (Å²) in [5.41, 5.74) is 1.78. The second kappa shape index (κ2) is 12.6. The van der Waals surface area contributed by atoms with Gasteiger partial charge in [0, 0.05) is 35.3 Å². The number of carbonyl (C=O) groups excluding carboxylic acids is 1. The Morgan fingerprint density at radius 1 is 1.03 bits per heavy atom. The van der Waals surface area contributed by atoms with Gasteiger partial charge < -0.3 is 24.4 Å². The van der Waals surface area contributed by atoms with E-state index in [1.54, 1.807) is 18.2 Å². The average molecular weight is 513 g/mol. The first-order valence-electron chi connectivity index (χ1n) is 11.8. The lowest BCUT2D eigenvalue weighted by Crippen LogP contribution is -2.36. The monoisotopic (exact) mass is 512 g/mol. The summed E-state index contributed by atoms with van der Waals surface area (Å²) >= 11 is 1.28. The summed E-state index contributed by atoms with van der Waals surface area (Å²) in [6.07, 6.45) is 1.69. The van der Waals surface area contributed by atoms with Gasteiger partial charge in [0.1, 0.15) is 22.9 Å². The number of unbranched alkanes of at least 4 members (excludes halogenated alkanes) is 1. The number of ether oxygens (including phenoxy) is 2. The van der Waals surface area contributed by atoms with Crippen LogP contribution in [0.1, 0.15) is 23.2 Å². The Balaban J connectivity index is 1.27. The number of rotatable bonds is 10. The molecule has 3 N–H and O–H groups in total. The molecule has 190 valence electrons. The van der Waals surface area contributed by atoms with Crippen LogP contribution < -0.4 is 4.72 Å². The largest absolute Gasteiger partial charge is 0.507 e. The van der Waals surface area contributed by atoms with Crippen LogP contribution in [-0.2, 0) is 9.47 Å². The number of benzene rings is 3. The van der Waals surface area contributed by atoms with E-state index in [1.165, 1.54) is 42.3 Å². The van der Waals surface area contributed by atoms with Crippen molar-refractivity contribution in [2.45, 2.75) is 17.7 Å².